The molecule has 1 aromatic carbocycles. The molecular formula is C15H24N2O. The van der Waals surface area contributed by atoms with Crippen LogP contribution in [0.25, 0.3) is 0 Å². The summed E-state index contributed by atoms with van der Waals surface area (Å²) in [7, 11) is 4.08. The van der Waals surface area contributed by atoms with Crippen molar-refractivity contribution in [2.24, 2.45) is 0 Å². The lowest BCUT2D eigenvalue weighted by Crippen LogP contribution is -2.32. The maximum Gasteiger partial charge on any atom is 0.0741 e. The average Bonchev–Trinajstić information content (AvgIpc) is 2.55. The quantitative estimate of drug-likeness (QED) is 0.807. The van der Waals surface area contributed by atoms with Gasteiger partial charge >= 0.3 is 0 Å². The molecule has 18 heavy (non-hydrogen) atoms. The largest absolute Gasteiger partial charge is 0.391 e. The van der Waals surface area contributed by atoms with E-state index in [9.17, 15) is 5.11 Å². The molecule has 0 aliphatic heterocycles. The Hall–Kier alpha value is -1.22. The smallest absolute Gasteiger partial charge is 0.0741 e. The van der Waals surface area contributed by atoms with Gasteiger partial charge in [-0.3, -0.25) is 0 Å². The monoisotopic (exact) mass is 248 g/mol. The summed E-state index contributed by atoms with van der Waals surface area (Å²) < 4.78 is 0. The SMILES string of the molecule is CN(C)c1cccc(NC2CCCCCC2O)c1. The molecule has 2 atom stereocenters. The van der Waals surface area contributed by atoms with Crippen LogP contribution in [-0.4, -0.2) is 31.3 Å². The molecular weight excluding hydrogens is 224 g/mol. The molecule has 1 aromatic rings. The van der Waals surface area contributed by atoms with E-state index in [1.54, 1.807) is 0 Å². The Morgan fingerprint density at radius 3 is 2.72 bits per heavy atom. The highest BCUT2D eigenvalue weighted by molar-refractivity contribution is 5.57. The van der Waals surface area contributed by atoms with Gasteiger partial charge in [-0.2, -0.15) is 0 Å². The van der Waals surface area contributed by atoms with Gasteiger partial charge in [0.2, 0.25) is 0 Å². The van der Waals surface area contributed by atoms with Crippen molar-refractivity contribution in [2.45, 2.75) is 44.2 Å². The molecule has 2 unspecified atom stereocenters. The summed E-state index contributed by atoms with van der Waals surface area (Å²) in [6.07, 6.45) is 5.38. The number of anilines is 2. The van der Waals surface area contributed by atoms with Gasteiger partial charge in [0.05, 0.1) is 12.1 Å². The molecule has 2 N–H and O–H groups in total. The van der Waals surface area contributed by atoms with E-state index in [0.29, 0.717) is 0 Å². The highest BCUT2D eigenvalue weighted by Gasteiger charge is 2.21. The third-order valence-corrected chi connectivity index (χ3v) is 3.69. The molecule has 1 saturated carbocycles. The minimum Gasteiger partial charge on any atom is -0.391 e. The lowest BCUT2D eigenvalue weighted by molar-refractivity contribution is 0.144. The molecule has 0 radical (unpaired) electrons. The first kappa shape index (κ1) is 13.2. The summed E-state index contributed by atoms with van der Waals surface area (Å²) >= 11 is 0. The van der Waals surface area contributed by atoms with Crippen molar-refractivity contribution in [3.05, 3.63) is 24.3 Å². The Bertz CT molecular complexity index is 379. The standard InChI is InChI=1S/C15H24N2O/c1-17(2)13-8-6-7-12(11-13)16-14-9-4-3-5-10-15(14)18/h6-8,11,14-16,18H,3-5,9-10H2,1-2H3. The van der Waals surface area contributed by atoms with Crippen molar-refractivity contribution >= 4 is 11.4 Å². The first-order chi connectivity index (χ1) is 8.66. The Labute approximate surface area is 110 Å². The van der Waals surface area contributed by atoms with Crippen LogP contribution in [-0.2, 0) is 0 Å². The average molecular weight is 248 g/mol. The van der Waals surface area contributed by atoms with Crippen LogP contribution >= 0.6 is 0 Å². The molecule has 0 aromatic heterocycles. The minimum atomic E-state index is -0.212. The van der Waals surface area contributed by atoms with Gasteiger partial charge in [-0.05, 0) is 31.0 Å². The highest BCUT2D eigenvalue weighted by Crippen LogP contribution is 2.23. The first-order valence-electron chi connectivity index (χ1n) is 6.89. The van der Waals surface area contributed by atoms with E-state index < -0.39 is 0 Å². The van der Waals surface area contributed by atoms with Gasteiger partial charge in [-0.15, -0.1) is 0 Å². The summed E-state index contributed by atoms with van der Waals surface area (Å²) in [5.74, 6) is 0. The zero-order chi connectivity index (χ0) is 13.0. The first-order valence-corrected chi connectivity index (χ1v) is 6.89. The van der Waals surface area contributed by atoms with E-state index in [1.807, 2.05) is 14.1 Å². The van der Waals surface area contributed by atoms with Gasteiger partial charge in [-0.25, -0.2) is 0 Å². The summed E-state index contributed by atoms with van der Waals surface area (Å²) in [4.78, 5) is 2.09. The van der Waals surface area contributed by atoms with Crippen molar-refractivity contribution in [2.75, 3.05) is 24.3 Å². The number of benzene rings is 1. The van der Waals surface area contributed by atoms with E-state index in [2.05, 4.69) is 34.5 Å². The van der Waals surface area contributed by atoms with Gasteiger partial charge in [0.15, 0.2) is 0 Å². The molecule has 2 rings (SSSR count). The summed E-state index contributed by atoms with van der Waals surface area (Å²) in [5, 5.41) is 13.6. The van der Waals surface area contributed by atoms with E-state index in [0.717, 1.165) is 24.9 Å². The Morgan fingerprint density at radius 1 is 1.17 bits per heavy atom. The molecule has 1 fully saturated rings. The highest BCUT2D eigenvalue weighted by atomic mass is 16.3. The van der Waals surface area contributed by atoms with Gasteiger partial charge in [0.25, 0.3) is 0 Å². The van der Waals surface area contributed by atoms with Crippen LogP contribution in [0.15, 0.2) is 24.3 Å². The topological polar surface area (TPSA) is 35.5 Å². The van der Waals surface area contributed by atoms with Crippen LogP contribution < -0.4 is 10.2 Å². The van der Waals surface area contributed by atoms with E-state index >= 15 is 0 Å². The Balaban J connectivity index is 2.05. The molecule has 0 heterocycles. The molecule has 0 amide bonds. The van der Waals surface area contributed by atoms with Crippen LogP contribution in [0.1, 0.15) is 32.1 Å². The van der Waals surface area contributed by atoms with Crippen LogP contribution in [0.2, 0.25) is 0 Å². The molecule has 3 nitrogen and oxygen atoms in total. The molecule has 0 bridgehead atoms. The number of hydrogen-bond acceptors (Lipinski definition) is 3. The summed E-state index contributed by atoms with van der Waals surface area (Å²) in [6, 6.07) is 8.56. The van der Waals surface area contributed by atoms with Crippen molar-refractivity contribution in [3.63, 3.8) is 0 Å². The van der Waals surface area contributed by atoms with Gasteiger partial charge in [0, 0.05) is 25.5 Å². The second-order valence-electron chi connectivity index (χ2n) is 5.40. The number of rotatable bonds is 3. The minimum absolute atomic E-state index is 0.199. The number of nitrogens with zero attached hydrogens (tertiary/aromatic N) is 1. The van der Waals surface area contributed by atoms with Gasteiger partial charge in [0.1, 0.15) is 0 Å². The van der Waals surface area contributed by atoms with Crippen molar-refractivity contribution in [1.82, 2.24) is 0 Å². The second-order valence-corrected chi connectivity index (χ2v) is 5.40. The van der Waals surface area contributed by atoms with Crippen molar-refractivity contribution in [3.8, 4) is 0 Å². The van der Waals surface area contributed by atoms with E-state index in [4.69, 9.17) is 0 Å². The number of aliphatic hydroxyl groups excluding tert-OH is 1. The zero-order valence-corrected chi connectivity index (χ0v) is 11.4. The van der Waals surface area contributed by atoms with Crippen LogP contribution in [0.4, 0.5) is 11.4 Å². The fourth-order valence-corrected chi connectivity index (χ4v) is 2.54. The fourth-order valence-electron chi connectivity index (χ4n) is 2.54. The Kier molecular flexibility index (Phi) is 4.48. The fraction of sp³-hybridized carbons (Fsp3) is 0.600. The summed E-state index contributed by atoms with van der Waals surface area (Å²) in [6.45, 7) is 0. The maximum absolute atomic E-state index is 10.1. The van der Waals surface area contributed by atoms with E-state index in [-0.39, 0.29) is 12.1 Å². The Morgan fingerprint density at radius 2 is 1.94 bits per heavy atom. The molecule has 100 valence electrons. The number of aliphatic hydroxyl groups is 1. The lowest BCUT2D eigenvalue weighted by Gasteiger charge is -2.24. The predicted octanol–water partition coefficient (Wildman–Crippen LogP) is 2.86. The molecule has 1 aliphatic carbocycles. The van der Waals surface area contributed by atoms with Crippen molar-refractivity contribution in [1.29, 1.82) is 0 Å². The predicted molar refractivity (Wildman–Crippen MR) is 77.3 cm³/mol. The third kappa shape index (κ3) is 3.39. The van der Waals surface area contributed by atoms with Crippen LogP contribution in [0, 0.1) is 0 Å². The normalized spacial score (nSPS) is 24.4. The maximum atomic E-state index is 10.1. The van der Waals surface area contributed by atoms with E-state index in [1.165, 1.54) is 18.5 Å². The third-order valence-electron chi connectivity index (χ3n) is 3.69. The molecule has 3 heteroatoms. The second kappa shape index (κ2) is 6.10. The van der Waals surface area contributed by atoms with Gasteiger partial charge in [-0.1, -0.05) is 25.3 Å². The molecule has 0 saturated heterocycles. The zero-order valence-electron chi connectivity index (χ0n) is 11.4. The molecule has 0 spiro atoms. The lowest BCUT2D eigenvalue weighted by atomic mass is 10.1. The number of nitrogens with one attached hydrogen (secondary N) is 1. The van der Waals surface area contributed by atoms with Crippen molar-refractivity contribution < 1.29 is 5.11 Å². The van der Waals surface area contributed by atoms with Gasteiger partial charge < -0.3 is 15.3 Å². The number of hydrogen-bond donors (Lipinski definition) is 2. The molecule has 1 aliphatic rings. The summed E-state index contributed by atoms with van der Waals surface area (Å²) in [5.41, 5.74) is 2.29. The van der Waals surface area contributed by atoms with Crippen LogP contribution in [0.5, 0.6) is 0 Å². The van der Waals surface area contributed by atoms with Crippen LogP contribution in [0.3, 0.4) is 0 Å².